The highest BCUT2D eigenvalue weighted by Crippen LogP contribution is 2.19. The number of piperazine rings is 1. The lowest BCUT2D eigenvalue weighted by molar-refractivity contribution is 0.0746. The topological polar surface area (TPSA) is 62.2 Å². The molecule has 6 nitrogen and oxygen atoms in total. The summed E-state index contributed by atoms with van der Waals surface area (Å²) in [5.41, 5.74) is 4.24. The number of rotatable bonds is 2. The quantitative estimate of drug-likeness (QED) is 0.720. The molecule has 0 bridgehead atoms. The molecule has 0 radical (unpaired) electrons. The molecule has 0 N–H and O–H groups in total. The van der Waals surface area contributed by atoms with E-state index in [-0.39, 0.29) is 5.91 Å². The van der Waals surface area contributed by atoms with Crippen LogP contribution in [0.1, 0.15) is 15.9 Å². The third kappa shape index (κ3) is 3.15. The molecule has 0 atom stereocenters. The maximum absolute atomic E-state index is 12.8. The van der Waals surface area contributed by atoms with Crippen LogP contribution in [0.5, 0.6) is 0 Å². The number of anilines is 1. The molecule has 0 unspecified atom stereocenters. The highest BCUT2D eigenvalue weighted by molar-refractivity contribution is 5.96. The van der Waals surface area contributed by atoms with Crippen LogP contribution < -0.4 is 4.90 Å². The molecule has 2 aromatic heterocycles. The summed E-state index contributed by atoms with van der Waals surface area (Å²) >= 11 is 0. The van der Waals surface area contributed by atoms with E-state index in [0.717, 1.165) is 13.1 Å². The summed E-state index contributed by atoms with van der Waals surface area (Å²) < 4.78 is 0. The van der Waals surface area contributed by atoms with E-state index in [1.54, 1.807) is 24.7 Å². The van der Waals surface area contributed by atoms with Crippen molar-refractivity contribution in [1.82, 2.24) is 19.9 Å². The normalized spacial score (nSPS) is 14.8. The van der Waals surface area contributed by atoms with Crippen LogP contribution in [0.15, 0.2) is 48.9 Å². The Balaban J connectivity index is 1.47. The van der Waals surface area contributed by atoms with Gasteiger partial charge in [0.15, 0.2) is 5.65 Å². The molecule has 1 fully saturated rings. The lowest BCUT2D eigenvalue weighted by Gasteiger charge is -2.36. The molecule has 126 valence electrons. The maximum Gasteiger partial charge on any atom is 0.255 e. The molecule has 1 aliphatic rings. The third-order valence-electron chi connectivity index (χ3n) is 4.50. The Hall–Kier alpha value is -3.02. The van der Waals surface area contributed by atoms with Crippen LogP contribution in [0.4, 0.5) is 5.69 Å². The van der Waals surface area contributed by atoms with E-state index in [2.05, 4.69) is 51.0 Å². The van der Waals surface area contributed by atoms with Crippen LogP contribution in [0, 0.1) is 6.92 Å². The number of carbonyl (C=O) groups excluding carboxylic acids is 1. The Morgan fingerprint density at radius 2 is 1.80 bits per heavy atom. The van der Waals surface area contributed by atoms with Gasteiger partial charge in [0.1, 0.15) is 5.52 Å². The van der Waals surface area contributed by atoms with Crippen LogP contribution in [0.3, 0.4) is 0 Å². The largest absolute Gasteiger partial charge is 0.368 e. The van der Waals surface area contributed by atoms with Gasteiger partial charge in [0.05, 0.1) is 5.56 Å². The van der Waals surface area contributed by atoms with Crippen molar-refractivity contribution in [2.45, 2.75) is 6.92 Å². The van der Waals surface area contributed by atoms with Crippen molar-refractivity contribution in [1.29, 1.82) is 0 Å². The smallest absolute Gasteiger partial charge is 0.255 e. The average molecular weight is 333 g/mol. The predicted octanol–water partition coefficient (Wildman–Crippen LogP) is 2.30. The van der Waals surface area contributed by atoms with Gasteiger partial charge in [-0.1, -0.05) is 12.1 Å². The molecule has 4 rings (SSSR count). The molecule has 6 heteroatoms. The summed E-state index contributed by atoms with van der Waals surface area (Å²) in [5, 5.41) is 0. The van der Waals surface area contributed by atoms with Gasteiger partial charge < -0.3 is 9.80 Å². The predicted molar refractivity (Wildman–Crippen MR) is 96.6 cm³/mol. The summed E-state index contributed by atoms with van der Waals surface area (Å²) in [4.78, 5) is 29.6. The number of hydrogen-bond donors (Lipinski definition) is 0. The fourth-order valence-corrected chi connectivity index (χ4v) is 3.15. The molecule has 3 aromatic rings. The van der Waals surface area contributed by atoms with Crippen LogP contribution in [0.2, 0.25) is 0 Å². The number of benzene rings is 1. The van der Waals surface area contributed by atoms with Crippen molar-refractivity contribution in [2.24, 2.45) is 0 Å². The minimum atomic E-state index is 0.00365. The van der Waals surface area contributed by atoms with Gasteiger partial charge in [-0.05, 0) is 30.7 Å². The molecule has 1 saturated heterocycles. The van der Waals surface area contributed by atoms with Gasteiger partial charge in [0, 0.05) is 50.5 Å². The van der Waals surface area contributed by atoms with E-state index in [4.69, 9.17) is 0 Å². The van der Waals surface area contributed by atoms with Crippen LogP contribution in [-0.4, -0.2) is 51.9 Å². The van der Waals surface area contributed by atoms with Gasteiger partial charge in [-0.15, -0.1) is 0 Å². The van der Waals surface area contributed by atoms with Crippen molar-refractivity contribution < 1.29 is 4.79 Å². The Bertz CT molecular complexity index is 918. The third-order valence-corrected chi connectivity index (χ3v) is 4.50. The van der Waals surface area contributed by atoms with Gasteiger partial charge in [-0.25, -0.2) is 9.97 Å². The van der Waals surface area contributed by atoms with Crippen molar-refractivity contribution in [2.75, 3.05) is 31.1 Å². The number of fused-ring (bicyclic) bond motifs is 1. The van der Waals surface area contributed by atoms with Crippen molar-refractivity contribution in [3.63, 3.8) is 0 Å². The lowest BCUT2D eigenvalue weighted by Crippen LogP contribution is -2.48. The summed E-state index contributed by atoms with van der Waals surface area (Å²) in [5.74, 6) is 0.00365. The molecule has 0 saturated carbocycles. The van der Waals surface area contributed by atoms with E-state index in [0.29, 0.717) is 29.8 Å². The number of hydrogen-bond acceptors (Lipinski definition) is 5. The second-order valence-electron chi connectivity index (χ2n) is 6.24. The molecule has 1 amide bonds. The minimum absolute atomic E-state index is 0.00365. The monoisotopic (exact) mass is 333 g/mol. The van der Waals surface area contributed by atoms with Crippen LogP contribution in [0.25, 0.3) is 11.2 Å². The van der Waals surface area contributed by atoms with E-state index in [1.807, 2.05) is 4.90 Å². The summed E-state index contributed by atoms with van der Waals surface area (Å²) in [6, 6.07) is 10.2. The van der Waals surface area contributed by atoms with Crippen molar-refractivity contribution in [3.05, 3.63) is 60.0 Å². The zero-order valence-corrected chi connectivity index (χ0v) is 14.1. The summed E-state index contributed by atoms with van der Waals surface area (Å²) in [7, 11) is 0. The first kappa shape index (κ1) is 15.5. The number of amides is 1. The molecular formula is C19H19N5O. The van der Waals surface area contributed by atoms with E-state index in [1.165, 1.54) is 11.3 Å². The highest BCUT2D eigenvalue weighted by atomic mass is 16.2. The van der Waals surface area contributed by atoms with Gasteiger partial charge in [0.25, 0.3) is 5.91 Å². The number of pyridine rings is 1. The lowest BCUT2D eigenvalue weighted by atomic mass is 10.1. The van der Waals surface area contributed by atoms with Gasteiger partial charge in [-0.3, -0.25) is 9.78 Å². The Morgan fingerprint density at radius 1 is 1.00 bits per heavy atom. The van der Waals surface area contributed by atoms with E-state index in [9.17, 15) is 4.79 Å². The van der Waals surface area contributed by atoms with Crippen molar-refractivity contribution >= 4 is 22.8 Å². The Morgan fingerprint density at radius 3 is 2.60 bits per heavy atom. The van der Waals surface area contributed by atoms with Crippen LogP contribution >= 0.6 is 0 Å². The zero-order chi connectivity index (χ0) is 17.2. The number of aryl methyl sites for hydroxylation is 1. The molecule has 1 aromatic carbocycles. The molecule has 3 heterocycles. The molecule has 1 aliphatic heterocycles. The Labute approximate surface area is 146 Å². The molecular weight excluding hydrogens is 314 g/mol. The summed E-state index contributed by atoms with van der Waals surface area (Å²) in [6.45, 7) is 5.15. The van der Waals surface area contributed by atoms with Gasteiger partial charge in [-0.2, -0.15) is 0 Å². The first-order valence-corrected chi connectivity index (χ1v) is 8.38. The minimum Gasteiger partial charge on any atom is -0.368 e. The average Bonchev–Trinajstić information content (AvgIpc) is 2.67. The van der Waals surface area contributed by atoms with E-state index < -0.39 is 0 Å². The zero-order valence-electron chi connectivity index (χ0n) is 14.1. The summed E-state index contributed by atoms with van der Waals surface area (Å²) in [6.07, 6.45) is 4.80. The number of carbonyl (C=O) groups is 1. The number of nitrogens with zero attached hydrogens (tertiary/aromatic N) is 5. The maximum atomic E-state index is 12.8. The first-order chi connectivity index (χ1) is 12.2. The van der Waals surface area contributed by atoms with E-state index >= 15 is 0 Å². The van der Waals surface area contributed by atoms with Gasteiger partial charge in [0.2, 0.25) is 0 Å². The standard InChI is InChI=1S/C19H19N5O/c1-14-3-2-4-16(11-14)23-7-9-24(10-8-23)19(25)15-12-17-18(22-13-15)21-6-5-20-17/h2-6,11-13H,7-10H2,1H3. The number of aromatic nitrogens is 3. The van der Waals surface area contributed by atoms with Crippen LogP contribution in [-0.2, 0) is 0 Å². The van der Waals surface area contributed by atoms with Crippen molar-refractivity contribution in [3.8, 4) is 0 Å². The fourth-order valence-electron chi connectivity index (χ4n) is 3.15. The SMILES string of the molecule is Cc1cccc(N2CCN(C(=O)c3cnc4nccnc4c3)CC2)c1. The molecule has 25 heavy (non-hydrogen) atoms. The highest BCUT2D eigenvalue weighted by Gasteiger charge is 2.23. The first-order valence-electron chi connectivity index (χ1n) is 8.38. The molecule has 0 aliphatic carbocycles. The molecule has 0 spiro atoms. The fraction of sp³-hybridized carbons (Fsp3) is 0.263. The van der Waals surface area contributed by atoms with Gasteiger partial charge >= 0.3 is 0 Å². The second kappa shape index (κ2) is 6.47. The second-order valence-corrected chi connectivity index (χ2v) is 6.24. The Kier molecular flexibility index (Phi) is 4.01.